The van der Waals surface area contributed by atoms with Crippen LogP contribution in [0.3, 0.4) is 0 Å². The molecule has 0 saturated heterocycles. The van der Waals surface area contributed by atoms with E-state index < -0.39 is 43.8 Å². The third-order valence-corrected chi connectivity index (χ3v) is 4.54. The minimum Gasteiger partial charge on any atom is -0.358 e. The number of benzene rings is 1. The van der Waals surface area contributed by atoms with Gasteiger partial charge >= 0.3 is 5.69 Å². The molecule has 0 aliphatic carbocycles. The first kappa shape index (κ1) is 17.0. The Morgan fingerprint density at radius 2 is 2.05 bits per heavy atom. The van der Waals surface area contributed by atoms with Gasteiger partial charge in [0.15, 0.2) is 0 Å². The Labute approximate surface area is 120 Å². The molecule has 1 rings (SSSR count). The van der Waals surface area contributed by atoms with E-state index in [0.29, 0.717) is 6.07 Å². The topological polar surface area (TPSA) is 110 Å². The van der Waals surface area contributed by atoms with Gasteiger partial charge in [0.2, 0.25) is 21.7 Å². The van der Waals surface area contributed by atoms with Gasteiger partial charge in [-0.2, -0.15) is 8.70 Å². The van der Waals surface area contributed by atoms with E-state index in [1.807, 2.05) is 0 Å². The second-order valence-electron chi connectivity index (χ2n) is 4.26. The van der Waals surface area contributed by atoms with Crippen LogP contribution in [0.15, 0.2) is 17.0 Å². The molecule has 0 saturated carbocycles. The van der Waals surface area contributed by atoms with Gasteiger partial charge in [-0.05, 0) is 18.6 Å². The van der Waals surface area contributed by atoms with Crippen LogP contribution in [0.1, 0.15) is 5.56 Å². The third kappa shape index (κ3) is 3.52. The van der Waals surface area contributed by atoms with E-state index in [2.05, 4.69) is 5.32 Å². The summed E-state index contributed by atoms with van der Waals surface area (Å²) in [7, 11) is -1.65. The Balaban J connectivity index is 3.32. The minimum absolute atomic E-state index is 0.170. The van der Waals surface area contributed by atoms with Gasteiger partial charge in [-0.3, -0.25) is 14.9 Å². The van der Waals surface area contributed by atoms with Crippen LogP contribution >= 0.6 is 0 Å². The van der Waals surface area contributed by atoms with Crippen LogP contribution < -0.4 is 5.32 Å². The van der Waals surface area contributed by atoms with Crippen LogP contribution in [0, 0.1) is 22.9 Å². The Kier molecular flexibility index (Phi) is 4.97. The number of nitro groups is 1. The number of hydrogen-bond donors (Lipinski definition) is 1. The van der Waals surface area contributed by atoms with E-state index >= 15 is 0 Å². The molecule has 116 valence electrons. The van der Waals surface area contributed by atoms with Gasteiger partial charge in [0, 0.05) is 20.2 Å². The molecule has 0 aliphatic heterocycles. The van der Waals surface area contributed by atoms with E-state index in [-0.39, 0.29) is 5.56 Å². The molecule has 0 bridgehead atoms. The number of nitrogens with one attached hydrogen (secondary N) is 1. The summed E-state index contributed by atoms with van der Waals surface area (Å²) >= 11 is 0. The molecular formula is C11H14FN3O5S. The first-order valence-corrected chi connectivity index (χ1v) is 7.16. The van der Waals surface area contributed by atoms with Crippen molar-refractivity contribution in [1.82, 2.24) is 9.62 Å². The molecule has 0 atom stereocenters. The maximum Gasteiger partial charge on any atom is 0.306 e. The highest BCUT2D eigenvalue weighted by Crippen LogP contribution is 2.26. The van der Waals surface area contributed by atoms with E-state index in [4.69, 9.17) is 0 Å². The summed E-state index contributed by atoms with van der Waals surface area (Å²) in [4.78, 5) is 20.5. The van der Waals surface area contributed by atoms with E-state index in [1.54, 1.807) is 0 Å². The Hall–Kier alpha value is -2.07. The third-order valence-electron chi connectivity index (χ3n) is 2.76. The molecule has 8 nitrogen and oxygen atoms in total. The van der Waals surface area contributed by atoms with Gasteiger partial charge in [0.05, 0.1) is 16.4 Å². The molecule has 0 fully saturated rings. The fraction of sp³-hybridized carbons (Fsp3) is 0.364. The number of halogens is 1. The van der Waals surface area contributed by atoms with Crippen LogP contribution in [0.2, 0.25) is 0 Å². The summed E-state index contributed by atoms with van der Waals surface area (Å²) in [6.45, 7) is 0.767. The lowest BCUT2D eigenvalue weighted by Gasteiger charge is -2.16. The highest BCUT2D eigenvalue weighted by atomic mass is 32.2. The summed E-state index contributed by atoms with van der Waals surface area (Å²) in [5.41, 5.74) is -1.10. The molecule has 0 unspecified atom stereocenters. The molecule has 0 aromatic heterocycles. The summed E-state index contributed by atoms with van der Waals surface area (Å²) in [6, 6.07) is 1.62. The van der Waals surface area contributed by atoms with Crippen molar-refractivity contribution in [3.63, 3.8) is 0 Å². The van der Waals surface area contributed by atoms with Crippen molar-refractivity contribution < 1.29 is 22.5 Å². The van der Waals surface area contributed by atoms with E-state index in [9.17, 15) is 27.7 Å². The monoisotopic (exact) mass is 319 g/mol. The Bertz CT molecular complexity index is 689. The standard InChI is InChI=1S/C11H14FN3O5S/c1-7-4-8(5-9(11(7)12)15(17)18)21(19,20)14(3)6-10(16)13-2/h4-5H,6H2,1-3H3,(H,13,16). The number of aryl methyl sites for hydroxylation is 1. The quantitative estimate of drug-likeness (QED) is 0.624. The summed E-state index contributed by atoms with van der Waals surface area (Å²) in [5.74, 6) is -1.64. The number of amides is 1. The summed E-state index contributed by atoms with van der Waals surface area (Å²) in [6.07, 6.45) is 0. The van der Waals surface area contributed by atoms with E-state index in [0.717, 1.165) is 17.4 Å². The summed E-state index contributed by atoms with van der Waals surface area (Å²) < 4.78 is 38.7. The molecule has 21 heavy (non-hydrogen) atoms. The maximum absolute atomic E-state index is 13.6. The van der Waals surface area contributed by atoms with Crippen LogP contribution in [0.5, 0.6) is 0 Å². The second-order valence-corrected chi connectivity index (χ2v) is 6.31. The molecule has 0 heterocycles. The molecule has 1 amide bonds. The van der Waals surface area contributed by atoms with Gasteiger partial charge in [-0.1, -0.05) is 0 Å². The highest BCUT2D eigenvalue weighted by Gasteiger charge is 2.27. The van der Waals surface area contributed by atoms with Gasteiger partial charge in [-0.25, -0.2) is 8.42 Å². The van der Waals surface area contributed by atoms with Gasteiger partial charge in [0.1, 0.15) is 0 Å². The molecular weight excluding hydrogens is 305 g/mol. The normalized spacial score (nSPS) is 11.5. The van der Waals surface area contributed by atoms with Crippen LogP contribution in [0.25, 0.3) is 0 Å². The molecule has 1 aromatic carbocycles. The van der Waals surface area contributed by atoms with Crippen molar-refractivity contribution in [2.45, 2.75) is 11.8 Å². The van der Waals surface area contributed by atoms with Crippen LogP contribution in [0.4, 0.5) is 10.1 Å². The lowest BCUT2D eigenvalue weighted by Crippen LogP contribution is -2.36. The van der Waals surface area contributed by atoms with Gasteiger partial charge < -0.3 is 5.32 Å². The minimum atomic E-state index is -4.14. The lowest BCUT2D eigenvalue weighted by atomic mass is 10.2. The van der Waals surface area contributed by atoms with Crippen molar-refractivity contribution in [3.8, 4) is 0 Å². The van der Waals surface area contributed by atoms with Crippen LogP contribution in [-0.2, 0) is 14.8 Å². The van der Waals surface area contributed by atoms with Gasteiger partial charge in [-0.15, -0.1) is 0 Å². The fourth-order valence-corrected chi connectivity index (χ4v) is 2.78. The molecule has 0 aliphatic rings. The average Bonchev–Trinajstić information content (AvgIpc) is 2.40. The zero-order chi connectivity index (χ0) is 16.4. The number of nitro benzene ring substituents is 1. The zero-order valence-electron chi connectivity index (χ0n) is 11.6. The largest absolute Gasteiger partial charge is 0.358 e. The molecule has 1 N–H and O–H groups in total. The number of nitrogens with zero attached hydrogens (tertiary/aromatic N) is 2. The highest BCUT2D eigenvalue weighted by molar-refractivity contribution is 7.89. The number of rotatable bonds is 5. The smallest absolute Gasteiger partial charge is 0.306 e. The van der Waals surface area contributed by atoms with Crippen molar-refractivity contribution in [2.24, 2.45) is 0 Å². The number of carbonyl (C=O) groups excluding carboxylic acids is 1. The van der Waals surface area contributed by atoms with Crippen LogP contribution in [-0.4, -0.2) is 44.2 Å². The van der Waals surface area contributed by atoms with E-state index in [1.165, 1.54) is 14.0 Å². The molecule has 1 aromatic rings. The Morgan fingerprint density at radius 1 is 1.48 bits per heavy atom. The second kappa shape index (κ2) is 6.14. The van der Waals surface area contributed by atoms with Crippen molar-refractivity contribution >= 4 is 21.6 Å². The first-order chi connectivity index (χ1) is 9.61. The molecule has 0 radical (unpaired) electrons. The number of hydrogen-bond acceptors (Lipinski definition) is 5. The number of likely N-dealkylation sites (N-methyl/N-ethyl adjacent to an activating group) is 2. The average molecular weight is 319 g/mol. The SMILES string of the molecule is CNC(=O)CN(C)S(=O)(=O)c1cc(C)c(F)c([N+](=O)[O-])c1. The van der Waals surface area contributed by atoms with Gasteiger partial charge in [0.25, 0.3) is 0 Å². The predicted octanol–water partition coefficient (Wildman–Crippen LogP) is 0.409. The van der Waals surface area contributed by atoms with Crippen molar-refractivity contribution in [1.29, 1.82) is 0 Å². The predicted molar refractivity (Wildman–Crippen MR) is 71.7 cm³/mol. The number of sulfonamides is 1. The fourth-order valence-electron chi connectivity index (χ4n) is 1.55. The zero-order valence-corrected chi connectivity index (χ0v) is 12.4. The number of carbonyl (C=O) groups is 1. The first-order valence-electron chi connectivity index (χ1n) is 5.72. The molecule has 10 heteroatoms. The van der Waals surface area contributed by atoms with Crippen molar-refractivity contribution in [2.75, 3.05) is 20.6 Å². The van der Waals surface area contributed by atoms with Crippen molar-refractivity contribution in [3.05, 3.63) is 33.6 Å². The summed E-state index contributed by atoms with van der Waals surface area (Å²) in [5, 5.41) is 13.0. The lowest BCUT2D eigenvalue weighted by molar-refractivity contribution is -0.387. The Morgan fingerprint density at radius 3 is 2.52 bits per heavy atom. The molecule has 0 spiro atoms. The maximum atomic E-state index is 13.6.